The van der Waals surface area contributed by atoms with Crippen LogP contribution in [0.2, 0.25) is 0 Å². The van der Waals surface area contributed by atoms with Gasteiger partial charge in [-0.3, -0.25) is 0 Å². The van der Waals surface area contributed by atoms with E-state index in [4.69, 9.17) is 4.98 Å². The number of hydrogen-bond donors (Lipinski definition) is 0. The number of aryl methyl sites for hydroxylation is 3. The van der Waals surface area contributed by atoms with Crippen molar-refractivity contribution in [2.24, 2.45) is 7.05 Å². The average molecular weight is 336 g/mol. The number of hydrogen-bond acceptors (Lipinski definition) is 1. The predicted octanol–water partition coefficient (Wildman–Crippen LogP) is 6.16. The molecule has 5 aromatic rings. The van der Waals surface area contributed by atoms with Crippen molar-refractivity contribution in [3.63, 3.8) is 0 Å². The molecule has 5 rings (SSSR count). The molecule has 2 nitrogen and oxygen atoms in total. The summed E-state index contributed by atoms with van der Waals surface area (Å²) in [5.41, 5.74) is 8.42. The summed E-state index contributed by atoms with van der Waals surface area (Å²) < 4.78 is 2.34. The Hall–Kier alpha value is -3.13. The van der Waals surface area contributed by atoms with E-state index in [1.807, 2.05) is 0 Å². The van der Waals surface area contributed by atoms with Gasteiger partial charge in [0.2, 0.25) is 0 Å². The SMILES string of the molecule is Cc1cc(C)c2c(c1)c1c(-c3ccccc3)nc3ccccc3c1n2C. The molecule has 0 aliphatic heterocycles. The minimum absolute atomic E-state index is 1.04. The summed E-state index contributed by atoms with van der Waals surface area (Å²) in [5, 5.41) is 3.74. The number of nitrogens with zero attached hydrogens (tertiary/aromatic N) is 2. The fourth-order valence-corrected chi connectivity index (χ4v) is 4.31. The Morgan fingerprint density at radius 1 is 0.769 bits per heavy atom. The number of aromatic nitrogens is 2. The van der Waals surface area contributed by atoms with Gasteiger partial charge < -0.3 is 4.57 Å². The molecule has 0 fully saturated rings. The Morgan fingerprint density at radius 2 is 1.50 bits per heavy atom. The minimum atomic E-state index is 1.04. The topological polar surface area (TPSA) is 17.8 Å². The Balaban J connectivity index is 2.12. The zero-order valence-corrected chi connectivity index (χ0v) is 15.2. The average Bonchev–Trinajstić information content (AvgIpc) is 2.95. The van der Waals surface area contributed by atoms with Crippen LogP contribution in [-0.2, 0) is 7.05 Å². The van der Waals surface area contributed by atoms with Crippen LogP contribution >= 0.6 is 0 Å². The largest absolute Gasteiger partial charge is 0.343 e. The van der Waals surface area contributed by atoms with Crippen molar-refractivity contribution >= 4 is 32.7 Å². The van der Waals surface area contributed by atoms with Crippen LogP contribution in [0.4, 0.5) is 0 Å². The van der Waals surface area contributed by atoms with Crippen molar-refractivity contribution in [3.05, 3.63) is 77.9 Å². The van der Waals surface area contributed by atoms with Gasteiger partial charge >= 0.3 is 0 Å². The van der Waals surface area contributed by atoms with Crippen LogP contribution in [0.25, 0.3) is 44.0 Å². The van der Waals surface area contributed by atoms with Crippen LogP contribution < -0.4 is 0 Å². The number of benzene rings is 3. The van der Waals surface area contributed by atoms with Crippen molar-refractivity contribution in [2.45, 2.75) is 13.8 Å². The first kappa shape index (κ1) is 15.2. The quantitative estimate of drug-likeness (QED) is 0.358. The molecule has 0 bridgehead atoms. The summed E-state index contributed by atoms with van der Waals surface area (Å²) in [7, 11) is 2.17. The highest BCUT2D eigenvalue weighted by Crippen LogP contribution is 2.40. The van der Waals surface area contributed by atoms with Gasteiger partial charge in [-0.15, -0.1) is 0 Å². The molecule has 0 unspecified atom stereocenters. The zero-order valence-electron chi connectivity index (χ0n) is 15.2. The van der Waals surface area contributed by atoms with Crippen molar-refractivity contribution in [3.8, 4) is 11.3 Å². The molecule has 0 spiro atoms. The van der Waals surface area contributed by atoms with Crippen molar-refractivity contribution in [2.75, 3.05) is 0 Å². The molecule has 0 atom stereocenters. The third-order valence-electron chi connectivity index (χ3n) is 5.30. The minimum Gasteiger partial charge on any atom is -0.343 e. The highest BCUT2D eigenvalue weighted by molar-refractivity contribution is 6.22. The number of pyridine rings is 1. The van der Waals surface area contributed by atoms with Crippen LogP contribution in [0.1, 0.15) is 11.1 Å². The normalized spacial score (nSPS) is 11.7. The maximum Gasteiger partial charge on any atom is 0.0809 e. The maximum absolute atomic E-state index is 5.08. The van der Waals surface area contributed by atoms with Crippen LogP contribution in [0, 0.1) is 13.8 Å². The van der Waals surface area contributed by atoms with Crippen molar-refractivity contribution in [1.82, 2.24) is 9.55 Å². The molecule has 0 aliphatic rings. The molecule has 0 saturated carbocycles. The van der Waals surface area contributed by atoms with Gasteiger partial charge in [0.1, 0.15) is 0 Å². The van der Waals surface area contributed by atoms with Gasteiger partial charge in [0.15, 0.2) is 0 Å². The molecule has 2 aromatic heterocycles. The molecule has 0 radical (unpaired) electrons. The van der Waals surface area contributed by atoms with E-state index in [9.17, 15) is 0 Å². The lowest BCUT2D eigenvalue weighted by Gasteiger charge is -2.08. The summed E-state index contributed by atoms with van der Waals surface area (Å²) in [5.74, 6) is 0. The molecule has 0 saturated heterocycles. The van der Waals surface area contributed by atoms with E-state index in [0.717, 1.165) is 16.8 Å². The third-order valence-corrected chi connectivity index (χ3v) is 5.30. The lowest BCUT2D eigenvalue weighted by molar-refractivity contribution is 1.01. The van der Waals surface area contributed by atoms with Gasteiger partial charge in [0.25, 0.3) is 0 Å². The fraction of sp³-hybridized carbons (Fsp3) is 0.125. The lowest BCUT2D eigenvalue weighted by atomic mass is 10.0. The first-order chi connectivity index (χ1) is 12.6. The second-order valence-electron chi connectivity index (χ2n) is 7.10. The van der Waals surface area contributed by atoms with E-state index in [-0.39, 0.29) is 0 Å². The van der Waals surface area contributed by atoms with Gasteiger partial charge in [-0.05, 0) is 31.5 Å². The van der Waals surface area contributed by atoms with Crippen molar-refractivity contribution in [1.29, 1.82) is 0 Å². The van der Waals surface area contributed by atoms with Gasteiger partial charge in [-0.2, -0.15) is 0 Å². The zero-order chi connectivity index (χ0) is 17.8. The Labute approximate surface area is 152 Å². The van der Waals surface area contributed by atoms with Gasteiger partial charge in [-0.25, -0.2) is 4.98 Å². The van der Waals surface area contributed by atoms with Gasteiger partial charge in [0.05, 0.1) is 22.2 Å². The first-order valence-corrected chi connectivity index (χ1v) is 8.98. The van der Waals surface area contributed by atoms with Gasteiger partial charge in [-0.1, -0.05) is 60.2 Å². The van der Waals surface area contributed by atoms with E-state index >= 15 is 0 Å². The molecule has 2 heterocycles. The second-order valence-corrected chi connectivity index (χ2v) is 7.10. The Bertz CT molecular complexity index is 1290. The molecule has 26 heavy (non-hydrogen) atoms. The lowest BCUT2D eigenvalue weighted by Crippen LogP contribution is -1.92. The summed E-state index contributed by atoms with van der Waals surface area (Å²) >= 11 is 0. The molecular weight excluding hydrogens is 316 g/mol. The third kappa shape index (κ3) is 2.02. The highest BCUT2D eigenvalue weighted by atomic mass is 14.9. The molecule has 126 valence electrons. The molecule has 0 aliphatic carbocycles. The summed E-state index contributed by atoms with van der Waals surface area (Å²) in [4.78, 5) is 5.08. The maximum atomic E-state index is 5.08. The van der Waals surface area contributed by atoms with Crippen LogP contribution in [0.15, 0.2) is 66.7 Å². The van der Waals surface area contributed by atoms with Crippen molar-refractivity contribution < 1.29 is 0 Å². The Kier molecular flexibility index (Phi) is 3.17. The van der Waals surface area contributed by atoms with E-state index < -0.39 is 0 Å². The highest BCUT2D eigenvalue weighted by Gasteiger charge is 2.19. The summed E-state index contributed by atoms with van der Waals surface area (Å²) in [6.45, 7) is 4.37. The predicted molar refractivity (Wildman–Crippen MR) is 111 cm³/mol. The first-order valence-electron chi connectivity index (χ1n) is 8.98. The fourth-order valence-electron chi connectivity index (χ4n) is 4.31. The van der Waals surface area contributed by atoms with E-state index in [1.165, 1.54) is 38.3 Å². The summed E-state index contributed by atoms with van der Waals surface area (Å²) in [6.07, 6.45) is 0. The van der Waals surface area contributed by atoms with Crippen LogP contribution in [0.5, 0.6) is 0 Å². The van der Waals surface area contributed by atoms with E-state index in [0.29, 0.717) is 0 Å². The monoisotopic (exact) mass is 336 g/mol. The molecule has 0 amide bonds. The molecule has 3 aromatic carbocycles. The van der Waals surface area contributed by atoms with E-state index in [1.54, 1.807) is 0 Å². The number of rotatable bonds is 1. The van der Waals surface area contributed by atoms with Gasteiger partial charge in [0, 0.05) is 28.8 Å². The smallest absolute Gasteiger partial charge is 0.0809 e. The summed E-state index contributed by atoms with van der Waals surface area (Å²) in [6, 6.07) is 23.5. The van der Waals surface area contributed by atoms with Crippen LogP contribution in [-0.4, -0.2) is 9.55 Å². The molecular formula is C24H20N2. The Morgan fingerprint density at radius 3 is 2.31 bits per heavy atom. The molecule has 2 heteroatoms. The number of para-hydroxylation sites is 1. The molecule has 0 N–H and O–H groups in total. The standard InChI is InChI=1S/C24H20N2/c1-15-13-16(2)23-19(14-15)21-22(17-9-5-4-6-10-17)25-20-12-8-7-11-18(20)24(21)26(23)3/h4-14H,1-3H3. The van der Waals surface area contributed by atoms with Crippen LogP contribution in [0.3, 0.4) is 0 Å². The number of fused-ring (bicyclic) bond motifs is 5. The van der Waals surface area contributed by atoms with E-state index in [2.05, 4.69) is 92.2 Å². The second kappa shape index (κ2) is 5.43.